The molecule has 0 atom stereocenters. The highest BCUT2D eigenvalue weighted by Gasteiger charge is 1.95. The van der Waals surface area contributed by atoms with E-state index in [-0.39, 0.29) is 5.82 Å². The Morgan fingerprint density at radius 1 is 0.778 bits per heavy atom. The predicted octanol–water partition coefficient (Wildman–Crippen LogP) is 8.94. The van der Waals surface area contributed by atoms with Gasteiger partial charge in [-0.3, -0.25) is 0 Å². The lowest BCUT2D eigenvalue weighted by molar-refractivity contribution is 0.480. The normalized spacial score (nSPS) is 9.26. The lowest BCUT2D eigenvalue weighted by Gasteiger charge is -2.05. The van der Waals surface area contributed by atoms with E-state index in [2.05, 4.69) is 58.9 Å². The van der Waals surface area contributed by atoms with Crippen molar-refractivity contribution in [2.75, 3.05) is 0 Å². The van der Waals surface area contributed by atoms with Crippen LogP contribution in [-0.4, -0.2) is 0 Å². The van der Waals surface area contributed by atoms with E-state index in [0.717, 1.165) is 17.9 Å². The third-order valence-electron chi connectivity index (χ3n) is 4.08. The molecule has 0 amide bonds. The average molecular weight is 375 g/mol. The number of aryl methyl sites for hydroxylation is 3. The molecule has 0 aliphatic heterocycles. The molecule has 0 nitrogen and oxygen atoms in total. The molecule has 2 aromatic rings. The molecule has 1 heteroatoms. The highest BCUT2D eigenvalue weighted by molar-refractivity contribution is 5.19. The fourth-order valence-corrected chi connectivity index (χ4v) is 2.52. The van der Waals surface area contributed by atoms with Crippen molar-refractivity contribution in [2.24, 2.45) is 5.92 Å². The molecule has 2 aromatic carbocycles. The average Bonchev–Trinajstić information content (AvgIpc) is 2.67. The Balaban J connectivity index is 0. The summed E-state index contributed by atoms with van der Waals surface area (Å²) in [5.74, 6) is 0.819. The number of hydrogen-bond donors (Lipinski definition) is 0. The van der Waals surface area contributed by atoms with Crippen LogP contribution < -0.4 is 0 Å². The summed E-state index contributed by atoms with van der Waals surface area (Å²) in [7, 11) is 0. The molecule has 0 radical (unpaired) electrons. The van der Waals surface area contributed by atoms with Gasteiger partial charge in [0.1, 0.15) is 5.82 Å². The van der Waals surface area contributed by atoms with E-state index in [1.165, 1.54) is 42.9 Å². The molecule has 154 valence electrons. The van der Waals surface area contributed by atoms with Gasteiger partial charge < -0.3 is 0 Å². The van der Waals surface area contributed by atoms with E-state index < -0.39 is 0 Å². The summed E-state index contributed by atoms with van der Waals surface area (Å²) in [4.78, 5) is 0. The first-order chi connectivity index (χ1) is 12.9. The number of hydrogen-bond acceptors (Lipinski definition) is 0. The number of rotatable bonds is 5. The predicted molar refractivity (Wildman–Crippen MR) is 122 cm³/mol. The lowest BCUT2D eigenvalue weighted by atomic mass is 10.0. The molecule has 0 fully saturated rings. The molecule has 0 aromatic heterocycles. The van der Waals surface area contributed by atoms with Gasteiger partial charge in [0.2, 0.25) is 0 Å². The van der Waals surface area contributed by atoms with Gasteiger partial charge in [-0.15, -0.1) is 0 Å². The minimum Gasteiger partial charge on any atom is -0.207 e. The van der Waals surface area contributed by atoms with Crippen LogP contribution in [-0.2, 0) is 6.42 Å². The van der Waals surface area contributed by atoms with Crippen LogP contribution in [0.2, 0.25) is 0 Å². The zero-order valence-corrected chi connectivity index (χ0v) is 19.1. The largest absolute Gasteiger partial charge is 0.207 e. The van der Waals surface area contributed by atoms with Gasteiger partial charge in [0.05, 0.1) is 0 Å². The maximum atomic E-state index is 12.4. The first-order valence-corrected chi connectivity index (χ1v) is 10.7. The molecule has 0 unspecified atom stereocenters. The molecular formula is C26H43F. The first-order valence-electron chi connectivity index (χ1n) is 10.7. The van der Waals surface area contributed by atoms with E-state index in [0.29, 0.717) is 0 Å². The van der Waals surface area contributed by atoms with Crippen LogP contribution in [0, 0.1) is 25.6 Å². The van der Waals surface area contributed by atoms with Gasteiger partial charge in [-0.25, -0.2) is 4.39 Å². The maximum absolute atomic E-state index is 12.4. The second-order valence-electron chi connectivity index (χ2n) is 6.82. The zero-order chi connectivity index (χ0) is 21.1. The standard InChI is InChI=1S/C8H9F.C8H10.C8H18.C2H6/c1-2-7-4-3-5-8(9)6-7;1-7-3-5-8(2)6-4-7;1-4-6-8(3)7-5-2;1-2/h3-6H,2H2,1H3;3-6H,1-2H3;8H,4-7H2,1-3H3;1-2H3. The van der Waals surface area contributed by atoms with Crippen LogP contribution in [0.5, 0.6) is 0 Å². The smallest absolute Gasteiger partial charge is 0.123 e. The van der Waals surface area contributed by atoms with Crippen molar-refractivity contribution in [1.29, 1.82) is 0 Å². The summed E-state index contributed by atoms with van der Waals surface area (Å²) in [5.41, 5.74) is 3.71. The maximum Gasteiger partial charge on any atom is 0.123 e. The molecule has 0 spiro atoms. The van der Waals surface area contributed by atoms with Crippen molar-refractivity contribution < 1.29 is 4.39 Å². The van der Waals surface area contributed by atoms with Crippen LogP contribution in [0.3, 0.4) is 0 Å². The van der Waals surface area contributed by atoms with E-state index in [9.17, 15) is 4.39 Å². The first kappa shape index (κ1) is 27.6. The second kappa shape index (κ2) is 19.1. The highest BCUT2D eigenvalue weighted by Crippen LogP contribution is 2.10. The molecule has 0 saturated heterocycles. The monoisotopic (exact) mass is 374 g/mol. The third-order valence-corrected chi connectivity index (χ3v) is 4.08. The van der Waals surface area contributed by atoms with E-state index in [1.54, 1.807) is 12.1 Å². The fourth-order valence-electron chi connectivity index (χ4n) is 2.52. The van der Waals surface area contributed by atoms with Crippen molar-refractivity contribution in [1.82, 2.24) is 0 Å². The van der Waals surface area contributed by atoms with Gasteiger partial charge in [-0.1, -0.05) is 115 Å². The van der Waals surface area contributed by atoms with Crippen LogP contribution in [0.15, 0.2) is 48.5 Å². The Morgan fingerprint density at radius 3 is 1.52 bits per heavy atom. The molecule has 0 aliphatic rings. The summed E-state index contributed by atoms with van der Waals surface area (Å²) >= 11 is 0. The fraction of sp³-hybridized carbons (Fsp3) is 0.538. The van der Waals surface area contributed by atoms with Gasteiger partial charge in [0.25, 0.3) is 0 Å². The van der Waals surface area contributed by atoms with Crippen molar-refractivity contribution >= 4 is 0 Å². The molecule has 0 heterocycles. The zero-order valence-electron chi connectivity index (χ0n) is 19.1. The van der Waals surface area contributed by atoms with Gasteiger partial charge in [0.15, 0.2) is 0 Å². The molecule has 0 N–H and O–H groups in total. The van der Waals surface area contributed by atoms with E-state index >= 15 is 0 Å². The number of halogens is 1. The van der Waals surface area contributed by atoms with Crippen molar-refractivity contribution in [3.05, 3.63) is 71.0 Å². The van der Waals surface area contributed by atoms with Crippen molar-refractivity contribution in [3.8, 4) is 0 Å². The Morgan fingerprint density at radius 2 is 1.22 bits per heavy atom. The Labute approximate surface area is 169 Å². The van der Waals surface area contributed by atoms with E-state index in [4.69, 9.17) is 0 Å². The second-order valence-corrected chi connectivity index (χ2v) is 6.82. The lowest BCUT2D eigenvalue weighted by Crippen LogP contribution is -1.91. The van der Waals surface area contributed by atoms with Crippen LogP contribution >= 0.6 is 0 Å². The van der Waals surface area contributed by atoms with Crippen LogP contribution in [0.25, 0.3) is 0 Å². The third kappa shape index (κ3) is 17.5. The Hall–Kier alpha value is -1.63. The summed E-state index contributed by atoms with van der Waals surface area (Å²) in [6.07, 6.45) is 6.42. The van der Waals surface area contributed by atoms with Crippen molar-refractivity contribution in [3.63, 3.8) is 0 Å². The molecular weight excluding hydrogens is 331 g/mol. The summed E-state index contributed by atoms with van der Waals surface area (Å²) in [6, 6.07) is 15.1. The van der Waals surface area contributed by atoms with Gasteiger partial charge in [-0.2, -0.15) is 0 Å². The van der Waals surface area contributed by atoms with Crippen molar-refractivity contribution in [2.45, 2.75) is 87.5 Å². The topological polar surface area (TPSA) is 0 Å². The highest BCUT2D eigenvalue weighted by atomic mass is 19.1. The number of benzene rings is 2. The summed E-state index contributed by atoms with van der Waals surface area (Å²) < 4.78 is 12.4. The summed E-state index contributed by atoms with van der Waals surface area (Å²) in [5, 5.41) is 0. The molecule has 0 aliphatic carbocycles. The van der Waals surface area contributed by atoms with Gasteiger partial charge >= 0.3 is 0 Å². The molecule has 0 saturated carbocycles. The summed E-state index contributed by atoms with van der Waals surface area (Å²) in [6.45, 7) is 17.1. The van der Waals surface area contributed by atoms with Crippen LogP contribution in [0.4, 0.5) is 4.39 Å². The molecule has 0 bridgehead atoms. The molecule has 27 heavy (non-hydrogen) atoms. The minimum atomic E-state index is -0.144. The minimum absolute atomic E-state index is 0.144. The Bertz CT molecular complexity index is 515. The van der Waals surface area contributed by atoms with Crippen LogP contribution in [0.1, 0.15) is 83.9 Å². The Kier molecular flexibility index (Phi) is 19.6. The molecule has 2 rings (SSSR count). The van der Waals surface area contributed by atoms with Gasteiger partial charge in [0, 0.05) is 0 Å². The quantitative estimate of drug-likeness (QED) is 0.490. The SMILES string of the molecule is CC.CCCC(C)CCC.CCc1cccc(F)c1.Cc1ccc(C)cc1. The van der Waals surface area contributed by atoms with E-state index in [1.807, 2.05) is 26.8 Å². The van der Waals surface area contributed by atoms with Gasteiger partial charge in [-0.05, 0) is 43.9 Å².